The fourth-order valence-electron chi connectivity index (χ4n) is 1.82. The minimum absolute atomic E-state index is 0.00458. The Morgan fingerprint density at radius 1 is 1.37 bits per heavy atom. The summed E-state index contributed by atoms with van der Waals surface area (Å²) >= 11 is 1.51. The number of anilines is 1. The summed E-state index contributed by atoms with van der Waals surface area (Å²) in [6.45, 7) is 0. The predicted molar refractivity (Wildman–Crippen MR) is 71.5 cm³/mol. The molecule has 1 aromatic heterocycles. The van der Waals surface area contributed by atoms with Crippen molar-refractivity contribution in [2.45, 2.75) is 4.90 Å². The fraction of sp³-hybridized carbons (Fsp3) is 0.0769. The van der Waals surface area contributed by atoms with Crippen molar-refractivity contribution in [1.82, 2.24) is 9.97 Å². The summed E-state index contributed by atoms with van der Waals surface area (Å²) in [6, 6.07) is 9.38. The largest absolute Gasteiger partial charge is 0.324 e. The van der Waals surface area contributed by atoms with E-state index in [0.717, 1.165) is 16.1 Å². The summed E-state index contributed by atoms with van der Waals surface area (Å²) in [6.07, 6.45) is 1.55. The number of carbonyl (C=O) groups is 1. The van der Waals surface area contributed by atoms with E-state index >= 15 is 0 Å². The van der Waals surface area contributed by atoms with Gasteiger partial charge in [-0.3, -0.25) is 4.79 Å². The molecule has 92 valence electrons. The number of rotatable bonds is 1. The van der Waals surface area contributed by atoms with Gasteiger partial charge in [-0.15, -0.1) is 11.8 Å². The Labute approximate surface area is 113 Å². The molecule has 0 radical (unpaired) electrons. The van der Waals surface area contributed by atoms with Crippen molar-refractivity contribution < 1.29 is 4.79 Å². The van der Waals surface area contributed by atoms with Crippen LogP contribution in [-0.4, -0.2) is 21.6 Å². The summed E-state index contributed by atoms with van der Waals surface area (Å²) in [5, 5.41) is 11.6. The van der Waals surface area contributed by atoms with Crippen molar-refractivity contribution >= 4 is 23.4 Å². The molecule has 5 nitrogen and oxygen atoms in total. The Morgan fingerprint density at radius 2 is 2.26 bits per heavy atom. The quantitative estimate of drug-likeness (QED) is 0.856. The van der Waals surface area contributed by atoms with Crippen LogP contribution in [-0.2, 0) is 4.79 Å². The molecule has 0 aliphatic carbocycles. The van der Waals surface area contributed by atoms with E-state index in [9.17, 15) is 4.79 Å². The number of hydrogen-bond acceptors (Lipinski definition) is 5. The van der Waals surface area contributed by atoms with Gasteiger partial charge in [-0.2, -0.15) is 5.26 Å². The number of aromatic nitrogens is 2. The molecule has 0 unspecified atom stereocenters. The molecular formula is C13H8N4OS. The Morgan fingerprint density at radius 3 is 3.11 bits per heavy atom. The molecule has 2 aromatic rings. The van der Waals surface area contributed by atoms with Gasteiger partial charge in [0.15, 0.2) is 0 Å². The Hall–Kier alpha value is -2.39. The van der Waals surface area contributed by atoms with Gasteiger partial charge in [-0.1, -0.05) is 6.07 Å². The average molecular weight is 268 g/mol. The monoisotopic (exact) mass is 268 g/mol. The lowest BCUT2D eigenvalue weighted by atomic mass is 10.1. The van der Waals surface area contributed by atoms with E-state index in [1.807, 2.05) is 24.3 Å². The molecule has 19 heavy (non-hydrogen) atoms. The average Bonchev–Trinajstić information content (AvgIpc) is 2.46. The van der Waals surface area contributed by atoms with Crippen LogP contribution in [0.5, 0.6) is 0 Å². The van der Waals surface area contributed by atoms with E-state index in [4.69, 9.17) is 5.26 Å². The number of fused-ring (bicyclic) bond motifs is 1. The van der Waals surface area contributed by atoms with Gasteiger partial charge in [0.1, 0.15) is 6.07 Å². The first-order valence-electron chi connectivity index (χ1n) is 5.56. The van der Waals surface area contributed by atoms with E-state index in [1.165, 1.54) is 11.8 Å². The van der Waals surface area contributed by atoms with Crippen molar-refractivity contribution in [3.63, 3.8) is 0 Å². The molecule has 3 rings (SSSR count). The van der Waals surface area contributed by atoms with E-state index in [1.54, 1.807) is 12.3 Å². The van der Waals surface area contributed by atoms with E-state index in [-0.39, 0.29) is 11.7 Å². The van der Waals surface area contributed by atoms with Gasteiger partial charge in [0, 0.05) is 16.7 Å². The summed E-state index contributed by atoms with van der Waals surface area (Å²) < 4.78 is 0. The van der Waals surface area contributed by atoms with Crippen molar-refractivity contribution in [1.29, 1.82) is 5.26 Å². The van der Waals surface area contributed by atoms with Gasteiger partial charge in [0.2, 0.25) is 11.7 Å². The van der Waals surface area contributed by atoms with E-state index in [2.05, 4.69) is 15.3 Å². The normalized spacial score (nSPS) is 13.3. The molecule has 0 bridgehead atoms. The molecule has 1 aliphatic heterocycles. The first-order chi connectivity index (χ1) is 9.26. The number of benzene rings is 1. The Kier molecular flexibility index (Phi) is 2.89. The van der Waals surface area contributed by atoms with E-state index in [0.29, 0.717) is 11.4 Å². The molecular weight excluding hydrogens is 260 g/mol. The van der Waals surface area contributed by atoms with Gasteiger partial charge >= 0.3 is 0 Å². The SMILES string of the molecule is N#Cc1nccc(-c2ccc3c(c2)NC(=O)CS3)n1. The standard InChI is InChI=1S/C13H8N4OS/c14-6-12-15-4-3-9(16-12)8-1-2-11-10(5-8)17-13(18)7-19-11/h1-5H,7H2,(H,17,18). The van der Waals surface area contributed by atoms with Crippen LogP contribution in [0.15, 0.2) is 35.4 Å². The first-order valence-corrected chi connectivity index (χ1v) is 6.55. The number of nitrogens with zero attached hydrogens (tertiary/aromatic N) is 3. The number of nitriles is 1. The van der Waals surface area contributed by atoms with Gasteiger partial charge in [0.25, 0.3) is 0 Å². The molecule has 1 amide bonds. The van der Waals surface area contributed by atoms with Gasteiger partial charge in [0.05, 0.1) is 17.1 Å². The number of thioether (sulfide) groups is 1. The molecule has 0 saturated carbocycles. The third-order valence-electron chi connectivity index (χ3n) is 2.66. The molecule has 2 heterocycles. The Bertz CT molecular complexity index is 708. The minimum atomic E-state index is -0.00458. The highest BCUT2D eigenvalue weighted by Gasteiger charge is 2.16. The van der Waals surface area contributed by atoms with Gasteiger partial charge in [-0.25, -0.2) is 9.97 Å². The number of amides is 1. The molecule has 1 N–H and O–H groups in total. The zero-order chi connectivity index (χ0) is 13.2. The topological polar surface area (TPSA) is 78.7 Å². The number of carbonyl (C=O) groups excluding carboxylic acids is 1. The van der Waals surface area contributed by atoms with Crippen LogP contribution >= 0.6 is 11.8 Å². The van der Waals surface area contributed by atoms with Crippen LogP contribution in [0.4, 0.5) is 5.69 Å². The number of hydrogen-bond donors (Lipinski definition) is 1. The minimum Gasteiger partial charge on any atom is -0.324 e. The predicted octanol–water partition coefficient (Wildman–Crippen LogP) is 2.06. The molecule has 1 aliphatic rings. The second-order valence-electron chi connectivity index (χ2n) is 3.93. The van der Waals surface area contributed by atoms with E-state index < -0.39 is 0 Å². The van der Waals surface area contributed by atoms with Crippen LogP contribution in [0.3, 0.4) is 0 Å². The smallest absolute Gasteiger partial charge is 0.234 e. The van der Waals surface area contributed by atoms with Gasteiger partial charge in [-0.05, 0) is 18.2 Å². The maximum atomic E-state index is 11.4. The molecule has 1 aromatic carbocycles. The highest BCUT2D eigenvalue weighted by Crippen LogP contribution is 2.34. The number of nitrogens with one attached hydrogen (secondary N) is 1. The highest BCUT2D eigenvalue weighted by atomic mass is 32.2. The van der Waals surface area contributed by atoms with Crippen LogP contribution < -0.4 is 5.32 Å². The van der Waals surface area contributed by atoms with Crippen LogP contribution in [0.2, 0.25) is 0 Å². The first kappa shape index (κ1) is 11.7. The lowest BCUT2D eigenvalue weighted by Gasteiger charge is -2.16. The van der Waals surface area contributed by atoms with Crippen LogP contribution in [0.25, 0.3) is 11.3 Å². The summed E-state index contributed by atoms with van der Waals surface area (Å²) in [4.78, 5) is 20.4. The maximum Gasteiger partial charge on any atom is 0.234 e. The lowest BCUT2D eigenvalue weighted by Crippen LogP contribution is -2.18. The lowest BCUT2D eigenvalue weighted by molar-refractivity contribution is -0.113. The van der Waals surface area contributed by atoms with Crippen molar-refractivity contribution in [3.05, 3.63) is 36.3 Å². The fourth-order valence-corrected chi connectivity index (χ4v) is 2.60. The summed E-state index contributed by atoms with van der Waals surface area (Å²) in [7, 11) is 0. The molecule has 0 atom stereocenters. The van der Waals surface area contributed by atoms with Crippen molar-refractivity contribution in [2.75, 3.05) is 11.1 Å². The molecule has 6 heteroatoms. The van der Waals surface area contributed by atoms with Crippen molar-refractivity contribution in [3.8, 4) is 17.3 Å². The second-order valence-corrected chi connectivity index (χ2v) is 4.94. The second kappa shape index (κ2) is 4.71. The maximum absolute atomic E-state index is 11.4. The van der Waals surface area contributed by atoms with Crippen LogP contribution in [0.1, 0.15) is 5.82 Å². The molecule has 0 fully saturated rings. The highest BCUT2D eigenvalue weighted by molar-refractivity contribution is 8.00. The summed E-state index contributed by atoms with van der Waals surface area (Å²) in [5.74, 6) is 0.571. The molecule has 0 saturated heterocycles. The Balaban J connectivity index is 2.04. The third kappa shape index (κ3) is 2.28. The van der Waals surface area contributed by atoms with Crippen LogP contribution in [0, 0.1) is 11.3 Å². The molecule has 0 spiro atoms. The van der Waals surface area contributed by atoms with Crippen molar-refractivity contribution in [2.24, 2.45) is 0 Å². The zero-order valence-electron chi connectivity index (χ0n) is 9.75. The summed E-state index contributed by atoms with van der Waals surface area (Å²) in [5.41, 5.74) is 2.30. The van der Waals surface area contributed by atoms with Gasteiger partial charge < -0.3 is 5.32 Å². The zero-order valence-corrected chi connectivity index (χ0v) is 10.6. The third-order valence-corrected chi connectivity index (χ3v) is 3.74.